The summed E-state index contributed by atoms with van der Waals surface area (Å²) in [5.41, 5.74) is -1.16. The Bertz CT molecular complexity index is 528. The molecule has 4 aliphatic carbocycles. The molecule has 0 heterocycles. The van der Waals surface area contributed by atoms with Crippen LogP contribution in [0, 0.1) is 11.3 Å². The minimum absolute atomic E-state index is 0.00242. The number of ether oxygens (including phenoxy) is 1. The maximum atomic E-state index is 12.9. The van der Waals surface area contributed by atoms with Gasteiger partial charge in [-0.15, -0.1) is 0 Å². The molecule has 0 aromatic rings. The first kappa shape index (κ1) is 16.3. The summed E-state index contributed by atoms with van der Waals surface area (Å²) < 4.78 is 5.71. The first-order valence-corrected chi connectivity index (χ1v) is 8.96. The number of hydrogen-bond acceptors (Lipinski definition) is 3. The number of esters is 1. The van der Waals surface area contributed by atoms with E-state index >= 15 is 0 Å². The van der Waals surface area contributed by atoms with E-state index in [4.69, 9.17) is 4.74 Å². The minimum Gasteiger partial charge on any atom is -0.460 e. The van der Waals surface area contributed by atoms with Crippen molar-refractivity contribution in [3.05, 3.63) is 0 Å². The van der Waals surface area contributed by atoms with E-state index in [-0.39, 0.29) is 21.7 Å². The van der Waals surface area contributed by atoms with Crippen LogP contribution >= 0.6 is 15.9 Å². The molecular weight excluding hydrogens is 346 g/mol. The van der Waals surface area contributed by atoms with Crippen molar-refractivity contribution in [3.8, 4) is 0 Å². The lowest BCUT2D eigenvalue weighted by atomic mass is 9.46. The molecule has 4 bridgehead atoms. The molecular formula is C17H26BrNO3. The van der Waals surface area contributed by atoms with Gasteiger partial charge in [0, 0.05) is 16.8 Å². The molecule has 0 radical (unpaired) electrons. The molecule has 0 saturated heterocycles. The fraction of sp³-hybridized carbons (Fsp3) is 0.882. The SMILES string of the molecule is CC(=O)N[C@@]12C[C@H]3C[C@@](Br)(C1)C[C@](C(=O)OC(C)(C)C)(C3)C2. The standard InChI is InChI=1S/C17H26BrNO3/c1-11(20)19-17-7-12-5-15(9-17,8-16(18,6-12)10-17)13(21)22-14(2,3)4/h12H,5-10H2,1-4H3,(H,19,20)/t12-,15-,16+,17-/m1/s1. The van der Waals surface area contributed by atoms with Gasteiger partial charge in [0.15, 0.2) is 0 Å². The number of alkyl halides is 1. The Morgan fingerprint density at radius 3 is 2.36 bits per heavy atom. The Kier molecular flexibility index (Phi) is 3.49. The Balaban J connectivity index is 1.93. The normalized spacial score (nSPS) is 43.0. The van der Waals surface area contributed by atoms with E-state index in [0.717, 1.165) is 38.5 Å². The summed E-state index contributed by atoms with van der Waals surface area (Å²) in [6.07, 6.45) is 5.45. The monoisotopic (exact) mass is 371 g/mol. The lowest BCUT2D eigenvalue weighted by Crippen LogP contribution is -2.68. The van der Waals surface area contributed by atoms with Gasteiger partial charge in [0.05, 0.1) is 5.41 Å². The fourth-order valence-electron chi connectivity index (χ4n) is 5.45. The fourth-order valence-corrected chi connectivity index (χ4v) is 6.98. The van der Waals surface area contributed by atoms with E-state index in [1.54, 1.807) is 6.92 Å². The minimum atomic E-state index is -0.471. The second kappa shape index (κ2) is 4.71. The highest BCUT2D eigenvalue weighted by atomic mass is 79.9. The van der Waals surface area contributed by atoms with Crippen molar-refractivity contribution in [2.75, 3.05) is 0 Å². The van der Waals surface area contributed by atoms with Crippen LogP contribution in [0.1, 0.15) is 66.2 Å². The molecule has 4 atom stereocenters. The number of carbonyl (C=O) groups excluding carboxylic acids is 2. The third-order valence-corrected chi connectivity index (χ3v) is 6.16. The maximum Gasteiger partial charge on any atom is 0.312 e. The lowest BCUT2D eigenvalue weighted by Gasteiger charge is -2.64. The second-order valence-corrected chi connectivity index (χ2v) is 10.6. The molecule has 1 amide bonds. The highest BCUT2D eigenvalue weighted by molar-refractivity contribution is 9.10. The van der Waals surface area contributed by atoms with Crippen LogP contribution in [-0.4, -0.2) is 27.3 Å². The molecule has 0 unspecified atom stereocenters. The van der Waals surface area contributed by atoms with Crippen LogP contribution in [0.2, 0.25) is 0 Å². The molecule has 1 N–H and O–H groups in total. The molecule has 4 fully saturated rings. The maximum absolute atomic E-state index is 12.9. The van der Waals surface area contributed by atoms with E-state index in [1.807, 2.05) is 20.8 Å². The van der Waals surface area contributed by atoms with Crippen molar-refractivity contribution in [3.63, 3.8) is 0 Å². The Labute approximate surface area is 140 Å². The summed E-state index contributed by atoms with van der Waals surface area (Å²) in [6.45, 7) is 7.32. The molecule has 0 spiro atoms. The zero-order valence-corrected chi connectivity index (χ0v) is 15.5. The zero-order chi connectivity index (χ0) is 16.4. The number of carbonyl (C=O) groups is 2. The van der Waals surface area contributed by atoms with Gasteiger partial charge in [0.1, 0.15) is 5.60 Å². The molecule has 0 aliphatic heterocycles. The van der Waals surface area contributed by atoms with Gasteiger partial charge >= 0.3 is 5.97 Å². The van der Waals surface area contributed by atoms with E-state index in [2.05, 4.69) is 21.2 Å². The van der Waals surface area contributed by atoms with Gasteiger partial charge in [0.25, 0.3) is 0 Å². The van der Waals surface area contributed by atoms with Crippen LogP contribution in [0.4, 0.5) is 0 Å². The summed E-state index contributed by atoms with van der Waals surface area (Å²) in [6, 6.07) is 0. The van der Waals surface area contributed by atoms with Gasteiger partial charge in [-0.1, -0.05) is 15.9 Å². The molecule has 4 rings (SSSR count). The molecule has 4 saturated carbocycles. The van der Waals surface area contributed by atoms with E-state index in [1.165, 1.54) is 0 Å². The molecule has 4 nitrogen and oxygen atoms in total. The molecule has 0 aromatic carbocycles. The second-order valence-electron chi connectivity index (χ2n) is 8.90. The van der Waals surface area contributed by atoms with Crippen molar-refractivity contribution in [1.29, 1.82) is 0 Å². The van der Waals surface area contributed by atoms with E-state index < -0.39 is 11.0 Å². The van der Waals surface area contributed by atoms with Crippen LogP contribution in [0.15, 0.2) is 0 Å². The highest BCUT2D eigenvalue weighted by Crippen LogP contribution is 2.66. The average Bonchev–Trinajstić information content (AvgIpc) is 2.20. The topological polar surface area (TPSA) is 55.4 Å². The summed E-state index contributed by atoms with van der Waals surface area (Å²) in [7, 11) is 0. The summed E-state index contributed by atoms with van der Waals surface area (Å²) >= 11 is 3.91. The number of amides is 1. The smallest absolute Gasteiger partial charge is 0.312 e. The number of hydrogen-bond donors (Lipinski definition) is 1. The highest BCUT2D eigenvalue weighted by Gasteiger charge is 2.66. The van der Waals surface area contributed by atoms with Gasteiger partial charge < -0.3 is 10.1 Å². The van der Waals surface area contributed by atoms with Crippen molar-refractivity contribution in [2.24, 2.45) is 11.3 Å². The van der Waals surface area contributed by atoms with Crippen LogP contribution in [0.3, 0.4) is 0 Å². The van der Waals surface area contributed by atoms with Gasteiger partial charge in [0.2, 0.25) is 5.91 Å². The first-order valence-electron chi connectivity index (χ1n) is 8.16. The van der Waals surface area contributed by atoms with E-state index in [0.29, 0.717) is 5.92 Å². The van der Waals surface area contributed by atoms with Crippen molar-refractivity contribution < 1.29 is 14.3 Å². The van der Waals surface area contributed by atoms with Crippen molar-refractivity contribution in [1.82, 2.24) is 5.32 Å². The quantitative estimate of drug-likeness (QED) is 0.598. The third kappa shape index (κ3) is 2.81. The van der Waals surface area contributed by atoms with Crippen LogP contribution < -0.4 is 5.32 Å². The molecule has 5 heteroatoms. The molecule has 22 heavy (non-hydrogen) atoms. The third-order valence-electron chi connectivity index (χ3n) is 5.27. The molecule has 0 aromatic heterocycles. The first-order chi connectivity index (χ1) is 9.95. The number of halogens is 1. The van der Waals surface area contributed by atoms with Gasteiger partial charge in [-0.05, 0) is 65.2 Å². The Morgan fingerprint density at radius 1 is 1.14 bits per heavy atom. The Hall–Kier alpha value is -0.580. The largest absolute Gasteiger partial charge is 0.460 e. The number of nitrogens with one attached hydrogen (secondary N) is 1. The Morgan fingerprint density at radius 2 is 1.82 bits per heavy atom. The number of rotatable bonds is 2. The summed E-state index contributed by atoms with van der Waals surface area (Å²) in [5, 5.41) is 3.18. The average molecular weight is 372 g/mol. The zero-order valence-electron chi connectivity index (χ0n) is 13.9. The van der Waals surface area contributed by atoms with Gasteiger partial charge in [-0.2, -0.15) is 0 Å². The lowest BCUT2D eigenvalue weighted by molar-refractivity contribution is -0.184. The van der Waals surface area contributed by atoms with Crippen LogP contribution in [0.5, 0.6) is 0 Å². The van der Waals surface area contributed by atoms with Gasteiger partial charge in [-0.3, -0.25) is 9.59 Å². The van der Waals surface area contributed by atoms with Crippen LogP contribution in [-0.2, 0) is 14.3 Å². The van der Waals surface area contributed by atoms with Crippen molar-refractivity contribution >= 4 is 27.8 Å². The molecule has 4 aliphatic rings. The summed E-state index contributed by atoms with van der Waals surface area (Å²) in [4.78, 5) is 24.6. The summed E-state index contributed by atoms with van der Waals surface area (Å²) in [5.74, 6) is 0.398. The van der Waals surface area contributed by atoms with Crippen LogP contribution in [0.25, 0.3) is 0 Å². The van der Waals surface area contributed by atoms with Gasteiger partial charge in [-0.25, -0.2) is 0 Å². The predicted molar refractivity (Wildman–Crippen MR) is 87.7 cm³/mol. The molecule has 124 valence electrons. The van der Waals surface area contributed by atoms with Crippen molar-refractivity contribution in [2.45, 2.75) is 81.7 Å². The predicted octanol–water partition coefficient (Wildman–Crippen LogP) is 3.32. The van der Waals surface area contributed by atoms with E-state index in [9.17, 15) is 9.59 Å².